The molecular weight excluding hydrogens is 458 g/mol. The fraction of sp³-hybridized carbons (Fsp3) is 0.310. The fourth-order valence-electron chi connectivity index (χ4n) is 4.41. The lowest BCUT2D eigenvalue weighted by Gasteiger charge is -2.29. The molecule has 1 N–H and O–H groups in total. The van der Waals surface area contributed by atoms with Gasteiger partial charge in [-0.25, -0.2) is 14.5 Å². The van der Waals surface area contributed by atoms with Crippen LogP contribution in [0.1, 0.15) is 43.7 Å². The van der Waals surface area contributed by atoms with Crippen molar-refractivity contribution in [3.05, 3.63) is 90.0 Å². The van der Waals surface area contributed by atoms with E-state index < -0.39 is 17.7 Å². The average Bonchev–Trinajstić information content (AvgIpc) is 3.07. The molecule has 1 amide bonds. The van der Waals surface area contributed by atoms with Gasteiger partial charge in [0.15, 0.2) is 5.75 Å². The zero-order valence-electron chi connectivity index (χ0n) is 20.4. The molecule has 0 aromatic heterocycles. The number of anilines is 2. The summed E-state index contributed by atoms with van der Waals surface area (Å²) in [5, 5.41) is 11.4. The summed E-state index contributed by atoms with van der Waals surface area (Å²) in [5.41, 5.74) is 1.87. The molecule has 36 heavy (non-hydrogen) atoms. The van der Waals surface area contributed by atoms with E-state index in [-0.39, 0.29) is 19.4 Å². The molecule has 0 radical (unpaired) electrons. The van der Waals surface area contributed by atoms with Gasteiger partial charge in [-0.1, -0.05) is 55.5 Å². The van der Waals surface area contributed by atoms with Crippen molar-refractivity contribution in [2.24, 2.45) is 0 Å². The molecule has 3 aromatic carbocycles. The van der Waals surface area contributed by atoms with Gasteiger partial charge in [0.05, 0.1) is 11.4 Å². The molecule has 0 saturated heterocycles. The summed E-state index contributed by atoms with van der Waals surface area (Å²) in [6.45, 7) is 1.74. The van der Waals surface area contributed by atoms with Crippen molar-refractivity contribution in [3.63, 3.8) is 0 Å². The number of nitrogens with zero attached hydrogens (tertiary/aromatic N) is 1. The van der Waals surface area contributed by atoms with E-state index in [1.165, 1.54) is 4.90 Å². The lowest BCUT2D eigenvalue weighted by Crippen LogP contribution is -2.39. The third kappa shape index (κ3) is 6.23. The predicted octanol–water partition coefficient (Wildman–Crippen LogP) is 5.91. The van der Waals surface area contributed by atoms with Gasteiger partial charge in [-0.05, 0) is 61.6 Å². The summed E-state index contributed by atoms with van der Waals surface area (Å²) in [6, 6.07) is 24.0. The Morgan fingerprint density at radius 3 is 2.25 bits per heavy atom. The number of hydrogen-bond donors (Lipinski definition) is 1. The number of para-hydroxylation sites is 2. The van der Waals surface area contributed by atoms with Crippen molar-refractivity contribution in [3.8, 4) is 5.75 Å². The second-order valence-electron chi connectivity index (χ2n) is 9.00. The van der Waals surface area contributed by atoms with Crippen molar-refractivity contribution < 1.29 is 29.2 Å². The Morgan fingerprint density at radius 2 is 1.61 bits per heavy atom. The number of amides is 1. The summed E-state index contributed by atoms with van der Waals surface area (Å²) in [4.78, 5) is 36.7. The highest BCUT2D eigenvalue weighted by atomic mass is 17.2. The minimum atomic E-state index is -1.24. The number of ether oxygens (including phenoxy) is 1. The minimum absolute atomic E-state index is 0.155. The molecule has 7 nitrogen and oxygen atoms in total. The SMILES string of the molecule is CCCC(=O)OOc1cccc2c1CCCC(O)(COC(=O)N(c1ccccc1)c1ccccc1)C2. The van der Waals surface area contributed by atoms with E-state index in [1.807, 2.05) is 73.7 Å². The highest BCUT2D eigenvalue weighted by Gasteiger charge is 2.34. The Bertz CT molecular complexity index is 1130. The normalized spacial score (nSPS) is 16.8. The summed E-state index contributed by atoms with van der Waals surface area (Å²) < 4.78 is 5.70. The van der Waals surface area contributed by atoms with Crippen LogP contribution in [0.15, 0.2) is 78.9 Å². The zero-order chi connectivity index (χ0) is 25.4. The van der Waals surface area contributed by atoms with Gasteiger partial charge in [0.1, 0.15) is 12.2 Å². The second-order valence-corrected chi connectivity index (χ2v) is 9.00. The van der Waals surface area contributed by atoms with E-state index in [9.17, 15) is 14.7 Å². The van der Waals surface area contributed by atoms with E-state index in [2.05, 4.69) is 0 Å². The van der Waals surface area contributed by atoms with Gasteiger partial charge in [0.25, 0.3) is 0 Å². The monoisotopic (exact) mass is 489 g/mol. The van der Waals surface area contributed by atoms with Crippen LogP contribution in [0.2, 0.25) is 0 Å². The topological polar surface area (TPSA) is 85.3 Å². The van der Waals surface area contributed by atoms with Crippen molar-refractivity contribution in [2.75, 3.05) is 11.5 Å². The standard InChI is InChI=1S/C29H31NO6/c1-2-11-27(31)36-35-26-18-9-12-22-20-29(33,19-10-17-25(22)26)21-34-28(32)30(23-13-5-3-6-14-23)24-15-7-4-8-16-24/h3-9,12-16,18,33H,2,10-11,17,19-21H2,1H3. The van der Waals surface area contributed by atoms with Gasteiger partial charge in [-0.15, -0.1) is 0 Å². The maximum Gasteiger partial charge on any atom is 0.419 e. The van der Waals surface area contributed by atoms with Gasteiger partial charge < -0.3 is 9.84 Å². The molecule has 1 aliphatic rings. The highest BCUT2D eigenvalue weighted by molar-refractivity contribution is 5.95. The number of carbonyl (C=O) groups excluding carboxylic acids is 2. The van der Waals surface area contributed by atoms with E-state index in [1.54, 1.807) is 12.1 Å². The van der Waals surface area contributed by atoms with Gasteiger partial charge >= 0.3 is 12.1 Å². The van der Waals surface area contributed by atoms with Crippen LogP contribution in [0.25, 0.3) is 0 Å². The number of fused-ring (bicyclic) bond motifs is 1. The molecule has 0 heterocycles. The quantitative estimate of drug-likeness (QED) is 0.241. The highest BCUT2D eigenvalue weighted by Crippen LogP contribution is 2.34. The van der Waals surface area contributed by atoms with Crippen molar-refractivity contribution >= 4 is 23.4 Å². The van der Waals surface area contributed by atoms with Crippen LogP contribution in [0.4, 0.5) is 16.2 Å². The number of rotatable bonds is 8. The Labute approximate surface area is 211 Å². The molecule has 188 valence electrons. The molecule has 7 heteroatoms. The van der Waals surface area contributed by atoms with Crippen LogP contribution in [0.3, 0.4) is 0 Å². The van der Waals surface area contributed by atoms with Crippen LogP contribution >= 0.6 is 0 Å². The molecule has 0 bridgehead atoms. The van der Waals surface area contributed by atoms with Crippen LogP contribution < -0.4 is 9.79 Å². The van der Waals surface area contributed by atoms with E-state index in [0.717, 1.165) is 11.1 Å². The lowest BCUT2D eigenvalue weighted by atomic mass is 9.92. The molecule has 0 fully saturated rings. The van der Waals surface area contributed by atoms with Gasteiger partial charge in [0.2, 0.25) is 0 Å². The molecule has 0 spiro atoms. The summed E-state index contributed by atoms with van der Waals surface area (Å²) in [7, 11) is 0. The predicted molar refractivity (Wildman–Crippen MR) is 136 cm³/mol. The lowest BCUT2D eigenvalue weighted by molar-refractivity contribution is -0.214. The van der Waals surface area contributed by atoms with Gasteiger partial charge in [-0.3, -0.25) is 9.78 Å². The first kappa shape index (κ1) is 25.3. The van der Waals surface area contributed by atoms with Crippen molar-refractivity contribution in [1.29, 1.82) is 0 Å². The maximum absolute atomic E-state index is 13.2. The molecule has 0 aliphatic heterocycles. The Hall–Kier alpha value is -3.84. The molecule has 4 rings (SSSR count). The first-order valence-electron chi connectivity index (χ1n) is 12.3. The van der Waals surface area contributed by atoms with Gasteiger partial charge in [-0.2, -0.15) is 0 Å². The van der Waals surface area contributed by atoms with Crippen molar-refractivity contribution in [1.82, 2.24) is 0 Å². The number of aliphatic hydroxyl groups is 1. The molecule has 1 unspecified atom stereocenters. The van der Waals surface area contributed by atoms with E-state index in [4.69, 9.17) is 14.5 Å². The van der Waals surface area contributed by atoms with Crippen LogP contribution in [0.5, 0.6) is 5.75 Å². The minimum Gasteiger partial charge on any atom is -0.446 e. The van der Waals surface area contributed by atoms with E-state index in [0.29, 0.717) is 42.8 Å². The summed E-state index contributed by atoms with van der Waals surface area (Å²) in [5.74, 6) is 0.0473. The van der Waals surface area contributed by atoms with Gasteiger partial charge in [0, 0.05) is 18.4 Å². The summed E-state index contributed by atoms with van der Waals surface area (Å²) >= 11 is 0. The number of benzene rings is 3. The van der Waals surface area contributed by atoms with Crippen LogP contribution in [0, 0.1) is 0 Å². The molecule has 0 saturated carbocycles. The number of hydrogen-bond acceptors (Lipinski definition) is 6. The Morgan fingerprint density at radius 1 is 0.944 bits per heavy atom. The summed E-state index contributed by atoms with van der Waals surface area (Å²) in [6.07, 6.45) is 2.42. The Balaban J connectivity index is 1.47. The third-order valence-corrected chi connectivity index (χ3v) is 6.17. The van der Waals surface area contributed by atoms with Crippen LogP contribution in [-0.2, 0) is 27.3 Å². The molecule has 3 aromatic rings. The zero-order valence-corrected chi connectivity index (χ0v) is 20.4. The molecular formula is C29H31NO6. The van der Waals surface area contributed by atoms with Crippen LogP contribution in [-0.4, -0.2) is 29.4 Å². The fourth-order valence-corrected chi connectivity index (χ4v) is 4.41. The largest absolute Gasteiger partial charge is 0.446 e. The molecule has 1 atom stereocenters. The number of carbonyl (C=O) groups is 2. The second kappa shape index (κ2) is 11.7. The first-order chi connectivity index (χ1) is 17.5. The maximum atomic E-state index is 13.2. The Kier molecular flexibility index (Phi) is 8.23. The molecule has 1 aliphatic carbocycles. The van der Waals surface area contributed by atoms with Crippen molar-refractivity contribution in [2.45, 2.75) is 51.0 Å². The smallest absolute Gasteiger partial charge is 0.419 e. The third-order valence-electron chi connectivity index (χ3n) is 6.17. The first-order valence-corrected chi connectivity index (χ1v) is 12.3. The average molecular weight is 490 g/mol. The van der Waals surface area contributed by atoms with E-state index >= 15 is 0 Å².